The largest absolute Gasteiger partial charge is 0.350 e. The van der Waals surface area contributed by atoms with Gasteiger partial charge in [-0.05, 0) is 31.5 Å². The Hall–Kier alpha value is -4.20. The molecule has 8 nitrogen and oxygen atoms in total. The van der Waals surface area contributed by atoms with Gasteiger partial charge in [0.25, 0.3) is 11.5 Å². The summed E-state index contributed by atoms with van der Waals surface area (Å²) in [6.45, 7) is 5.82. The Labute approximate surface area is 209 Å². The van der Waals surface area contributed by atoms with Gasteiger partial charge in [-0.1, -0.05) is 48.5 Å². The molecule has 2 amide bonds. The average Bonchev–Trinajstić information content (AvgIpc) is 3.25. The first-order valence-corrected chi connectivity index (χ1v) is 12.2. The first-order valence-electron chi connectivity index (χ1n) is 12.2. The molecule has 0 aliphatic carbocycles. The lowest BCUT2D eigenvalue weighted by atomic mass is 10.1. The van der Waals surface area contributed by atoms with Crippen LogP contribution in [-0.4, -0.2) is 62.1 Å². The molecule has 184 valence electrons. The first-order chi connectivity index (χ1) is 17.4. The zero-order chi connectivity index (χ0) is 25.2. The summed E-state index contributed by atoms with van der Waals surface area (Å²) in [5.74, 6) is -0.117. The van der Waals surface area contributed by atoms with Crippen molar-refractivity contribution in [2.45, 2.75) is 26.3 Å². The Morgan fingerprint density at radius 1 is 0.861 bits per heavy atom. The standard InChI is InChI=1S/C28H29N5O3/c1-20(2)32-18-23(26-24(19-32)28(36)33(29-26)22-11-7-4-8-12-22)27(35)31-15-13-30(14-16-31)25(34)17-21-9-5-3-6-10-21/h3-12,18-20H,13-17H2,1-2H3. The monoisotopic (exact) mass is 483 g/mol. The quantitative estimate of drug-likeness (QED) is 0.437. The molecule has 0 saturated carbocycles. The van der Waals surface area contributed by atoms with Crippen molar-refractivity contribution in [2.75, 3.05) is 26.2 Å². The third-order valence-electron chi connectivity index (χ3n) is 6.63. The van der Waals surface area contributed by atoms with Crippen molar-refractivity contribution < 1.29 is 9.59 Å². The number of amides is 2. The van der Waals surface area contributed by atoms with Gasteiger partial charge in [0.15, 0.2) is 0 Å². The lowest BCUT2D eigenvalue weighted by Crippen LogP contribution is -2.51. The number of hydrogen-bond donors (Lipinski definition) is 0. The summed E-state index contributed by atoms with van der Waals surface area (Å²) >= 11 is 0. The van der Waals surface area contributed by atoms with Crippen LogP contribution in [0.1, 0.15) is 35.8 Å². The molecular weight excluding hydrogens is 454 g/mol. The maximum absolute atomic E-state index is 13.7. The summed E-state index contributed by atoms with van der Waals surface area (Å²) in [4.78, 5) is 43.2. The highest BCUT2D eigenvalue weighted by Gasteiger charge is 2.30. The van der Waals surface area contributed by atoms with Crippen molar-refractivity contribution in [3.63, 3.8) is 0 Å². The fourth-order valence-electron chi connectivity index (χ4n) is 4.54. The molecule has 1 saturated heterocycles. The molecule has 3 aliphatic heterocycles. The van der Waals surface area contributed by atoms with Gasteiger partial charge >= 0.3 is 0 Å². The van der Waals surface area contributed by atoms with Crippen LogP contribution in [0.5, 0.6) is 0 Å². The summed E-state index contributed by atoms with van der Waals surface area (Å²) in [6, 6.07) is 18.9. The van der Waals surface area contributed by atoms with Gasteiger partial charge in [0.1, 0.15) is 5.69 Å². The average molecular weight is 484 g/mol. The maximum atomic E-state index is 13.7. The molecule has 2 aromatic carbocycles. The number of benzene rings is 2. The Balaban J connectivity index is 1.39. The summed E-state index contributed by atoms with van der Waals surface area (Å²) in [5, 5.41) is 4.57. The van der Waals surface area contributed by atoms with Crippen LogP contribution in [0.15, 0.2) is 77.9 Å². The maximum Gasteiger partial charge on any atom is 0.282 e. The normalized spacial score (nSPS) is 14.0. The van der Waals surface area contributed by atoms with Crippen LogP contribution in [0.25, 0.3) is 16.9 Å². The summed E-state index contributed by atoms with van der Waals surface area (Å²) < 4.78 is 3.24. The van der Waals surface area contributed by atoms with Crippen LogP contribution < -0.4 is 5.56 Å². The van der Waals surface area contributed by atoms with Crippen molar-refractivity contribution in [2.24, 2.45) is 0 Å². The first kappa shape index (κ1) is 23.5. The van der Waals surface area contributed by atoms with Crippen LogP contribution in [-0.2, 0) is 11.2 Å². The number of carbonyl (C=O) groups excluding carboxylic acids is 2. The minimum atomic E-state index is -0.253. The number of rotatable bonds is 5. The van der Waals surface area contributed by atoms with Crippen molar-refractivity contribution in [3.05, 3.63) is 94.5 Å². The van der Waals surface area contributed by atoms with Gasteiger partial charge in [0.05, 0.1) is 23.2 Å². The van der Waals surface area contributed by atoms with Crippen LogP contribution in [0.3, 0.4) is 0 Å². The van der Waals surface area contributed by atoms with Gasteiger partial charge in [-0.2, -0.15) is 9.78 Å². The molecule has 36 heavy (non-hydrogen) atoms. The SMILES string of the molecule is CC(C)n1cc(C(=O)N2CCN(C(=O)Cc3ccccc3)CC2)c2nn(-c3ccccc3)c(=O)c-2c1. The molecule has 0 N–H and O–H groups in total. The van der Waals surface area contributed by atoms with Crippen molar-refractivity contribution in [3.8, 4) is 16.9 Å². The number of piperazine rings is 1. The van der Waals surface area contributed by atoms with E-state index < -0.39 is 0 Å². The fraction of sp³-hybridized carbons (Fsp3) is 0.286. The molecule has 3 aliphatic rings. The number of nitrogens with zero attached hydrogens (tertiary/aromatic N) is 5. The molecule has 3 heterocycles. The van der Waals surface area contributed by atoms with Gasteiger partial charge in [-0.3, -0.25) is 14.4 Å². The van der Waals surface area contributed by atoms with E-state index in [1.807, 2.05) is 84.0 Å². The van der Waals surface area contributed by atoms with E-state index in [9.17, 15) is 14.4 Å². The van der Waals surface area contributed by atoms with E-state index in [1.54, 1.807) is 17.3 Å². The van der Waals surface area contributed by atoms with Crippen molar-refractivity contribution in [1.29, 1.82) is 0 Å². The molecule has 0 spiro atoms. The molecule has 0 atom stereocenters. The van der Waals surface area contributed by atoms with E-state index in [0.717, 1.165) is 5.56 Å². The van der Waals surface area contributed by atoms with Gasteiger partial charge in [-0.15, -0.1) is 0 Å². The number of para-hydroxylation sites is 1. The Kier molecular flexibility index (Phi) is 6.41. The molecule has 1 fully saturated rings. The second kappa shape index (κ2) is 9.81. The number of hydrogen-bond acceptors (Lipinski definition) is 4. The van der Waals surface area contributed by atoms with Gasteiger partial charge in [-0.25, -0.2) is 0 Å². The molecule has 0 unspecified atom stereocenters. The highest BCUT2D eigenvalue weighted by molar-refractivity contribution is 6.00. The van der Waals surface area contributed by atoms with Gasteiger partial charge in [0.2, 0.25) is 5.91 Å². The third kappa shape index (κ3) is 4.54. The lowest BCUT2D eigenvalue weighted by molar-refractivity contribution is -0.131. The van der Waals surface area contributed by atoms with E-state index in [1.165, 1.54) is 4.68 Å². The number of pyridine rings is 1. The molecule has 8 heteroatoms. The predicted octanol–water partition coefficient (Wildman–Crippen LogP) is 3.25. The van der Waals surface area contributed by atoms with Gasteiger partial charge in [0, 0.05) is 44.6 Å². The fourth-order valence-corrected chi connectivity index (χ4v) is 4.54. The number of aromatic nitrogens is 3. The zero-order valence-electron chi connectivity index (χ0n) is 20.5. The molecule has 5 rings (SSSR count). The third-order valence-corrected chi connectivity index (χ3v) is 6.63. The van der Waals surface area contributed by atoms with E-state index in [2.05, 4.69) is 5.10 Å². The number of fused-ring (bicyclic) bond motifs is 1. The molecule has 0 bridgehead atoms. The van der Waals surface area contributed by atoms with Crippen LogP contribution in [0, 0.1) is 0 Å². The highest BCUT2D eigenvalue weighted by atomic mass is 16.2. The smallest absolute Gasteiger partial charge is 0.282 e. The van der Waals surface area contributed by atoms with E-state index in [-0.39, 0.29) is 23.4 Å². The second-order valence-electron chi connectivity index (χ2n) is 9.36. The summed E-state index contributed by atoms with van der Waals surface area (Å²) in [5.41, 5.74) is 2.59. The van der Waals surface area contributed by atoms with Crippen LogP contribution in [0.2, 0.25) is 0 Å². The van der Waals surface area contributed by atoms with Crippen LogP contribution in [0.4, 0.5) is 0 Å². The van der Waals surface area contributed by atoms with Crippen molar-refractivity contribution >= 4 is 11.8 Å². The van der Waals surface area contributed by atoms with Crippen LogP contribution >= 0.6 is 0 Å². The second-order valence-corrected chi connectivity index (χ2v) is 9.36. The summed E-state index contributed by atoms with van der Waals surface area (Å²) in [7, 11) is 0. The minimum absolute atomic E-state index is 0.0608. The Morgan fingerprint density at radius 3 is 2.11 bits per heavy atom. The predicted molar refractivity (Wildman–Crippen MR) is 137 cm³/mol. The molecule has 0 radical (unpaired) electrons. The lowest BCUT2D eigenvalue weighted by Gasteiger charge is -2.35. The molecular formula is C28H29N5O3. The van der Waals surface area contributed by atoms with Crippen molar-refractivity contribution in [1.82, 2.24) is 24.1 Å². The van der Waals surface area contributed by atoms with E-state index >= 15 is 0 Å². The Morgan fingerprint density at radius 2 is 1.47 bits per heavy atom. The summed E-state index contributed by atoms with van der Waals surface area (Å²) in [6.07, 6.45) is 3.90. The number of carbonyl (C=O) groups is 2. The topological polar surface area (TPSA) is 80.4 Å². The molecule has 2 aromatic rings. The van der Waals surface area contributed by atoms with Gasteiger partial charge < -0.3 is 14.4 Å². The minimum Gasteiger partial charge on any atom is -0.350 e. The Bertz CT molecular complexity index is 1400. The zero-order valence-corrected chi connectivity index (χ0v) is 20.5. The molecule has 0 aromatic heterocycles. The highest BCUT2D eigenvalue weighted by Crippen LogP contribution is 2.25. The van der Waals surface area contributed by atoms with E-state index in [0.29, 0.717) is 55.1 Å². The van der Waals surface area contributed by atoms with E-state index in [4.69, 9.17) is 0 Å².